The van der Waals surface area contributed by atoms with Crippen LogP contribution in [0.5, 0.6) is 0 Å². The number of urea groups is 1. The monoisotopic (exact) mass is 286 g/mol. The molecule has 5 heteroatoms. The Morgan fingerprint density at radius 1 is 1.05 bits per heavy atom. The average molecular weight is 286 g/mol. The molecule has 0 aliphatic rings. The molecular weight excluding hydrogens is 256 g/mol. The highest BCUT2D eigenvalue weighted by Crippen LogP contribution is 2.11. The predicted octanol–water partition coefficient (Wildman–Crippen LogP) is 3.15. The van der Waals surface area contributed by atoms with Crippen LogP contribution in [0.4, 0.5) is 4.79 Å². The van der Waals surface area contributed by atoms with Crippen molar-refractivity contribution in [3.05, 3.63) is 0 Å². The number of carboxylic acid groups (broad SMARTS) is 1. The third-order valence-corrected chi connectivity index (χ3v) is 3.54. The maximum atomic E-state index is 11.7. The molecule has 0 saturated heterocycles. The Morgan fingerprint density at radius 2 is 1.65 bits per heavy atom. The highest BCUT2D eigenvalue weighted by atomic mass is 16.4. The van der Waals surface area contributed by atoms with Gasteiger partial charge >= 0.3 is 12.0 Å². The molecule has 2 amide bonds. The normalized spacial score (nSPS) is 13.6. The number of unbranched alkanes of at least 4 members (excludes halogenated alkanes) is 2. The van der Waals surface area contributed by atoms with Gasteiger partial charge in [-0.15, -0.1) is 0 Å². The van der Waals surface area contributed by atoms with E-state index in [4.69, 9.17) is 5.11 Å². The predicted molar refractivity (Wildman–Crippen MR) is 80.8 cm³/mol. The fraction of sp³-hybridized carbons (Fsp3) is 0.867. The Kier molecular flexibility index (Phi) is 10.8. The number of hydrogen-bond donors (Lipinski definition) is 3. The van der Waals surface area contributed by atoms with Gasteiger partial charge < -0.3 is 15.7 Å². The first kappa shape index (κ1) is 18.7. The molecule has 0 heterocycles. The molecule has 0 spiro atoms. The summed E-state index contributed by atoms with van der Waals surface area (Å²) in [6, 6.07) is -1.16. The van der Waals surface area contributed by atoms with Crippen LogP contribution in [0.2, 0.25) is 0 Å². The summed E-state index contributed by atoms with van der Waals surface area (Å²) in [4.78, 5) is 22.8. The van der Waals surface area contributed by atoms with Crippen molar-refractivity contribution in [1.82, 2.24) is 10.6 Å². The van der Waals surface area contributed by atoms with Gasteiger partial charge in [-0.05, 0) is 18.8 Å². The molecule has 20 heavy (non-hydrogen) atoms. The van der Waals surface area contributed by atoms with Gasteiger partial charge in [0.2, 0.25) is 0 Å². The largest absolute Gasteiger partial charge is 0.480 e. The van der Waals surface area contributed by atoms with Gasteiger partial charge in [0, 0.05) is 6.54 Å². The van der Waals surface area contributed by atoms with Crippen LogP contribution in [0.3, 0.4) is 0 Å². The van der Waals surface area contributed by atoms with E-state index in [-0.39, 0.29) is 6.03 Å². The van der Waals surface area contributed by atoms with E-state index in [2.05, 4.69) is 24.5 Å². The van der Waals surface area contributed by atoms with Crippen molar-refractivity contribution in [2.75, 3.05) is 6.54 Å². The smallest absolute Gasteiger partial charge is 0.326 e. The van der Waals surface area contributed by atoms with Crippen LogP contribution in [-0.2, 0) is 4.79 Å². The Hall–Kier alpha value is -1.26. The fourth-order valence-electron chi connectivity index (χ4n) is 2.06. The highest BCUT2D eigenvalue weighted by molar-refractivity contribution is 5.82. The van der Waals surface area contributed by atoms with Crippen LogP contribution in [0.1, 0.15) is 65.7 Å². The van der Waals surface area contributed by atoms with Crippen LogP contribution < -0.4 is 10.6 Å². The summed E-state index contributed by atoms with van der Waals surface area (Å²) >= 11 is 0. The number of carboxylic acids is 1. The Bertz CT molecular complexity index is 282. The van der Waals surface area contributed by atoms with Crippen molar-refractivity contribution in [3.8, 4) is 0 Å². The minimum atomic E-state index is -0.966. The molecule has 0 aromatic rings. The summed E-state index contributed by atoms with van der Waals surface area (Å²) in [5, 5.41) is 14.4. The molecule has 0 saturated carbocycles. The number of amides is 2. The van der Waals surface area contributed by atoms with Crippen molar-refractivity contribution in [2.45, 2.75) is 71.8 Å². The van der Waals surface area contributed by atoms with Crippen LogP contribution in [0.25, 0.3) is 0 Å². The van der Waals surface area contributed by atoms with Crippen LogP contribution in [0, 0.1) is 5.92 Å². The third kappa shape index (κ3) is 8.77. The van der Waals surface area contributed by atoms with E-state index >= 15 is 0 Å². The van der Waals surface area contributed by atoms with E-state index in [0.717, 1.165) is 38.5 Å². The topological polar surface area (TPSA) is 78.4 Å². The van der Waals surface area contributed by atoms with E-state index in [0.29, 0.717) is 18.9 Å². The molecule has 3 N–H and O–H groups in total. The molecule has 0 bridgehead atoms. The molecule has 0 aliphatic heterocycles. The Labute approximate surface area is 122 Å². The quantitative estimate of drug-likeness (QED) is 0.546. The zero-order valence-electron chi connectivity index (χ0n) is 13.1. The van der Waals surface area contributed by atoms with Crippen LogP contribution in [-0.4, -0.2) is 29.7 Å². The minimum Gasteiger partial charge on any atom is -0.480 e. The lowest BCUT2D eigenvalue weighted by Crippen LogP contribution is -2.47. The van der Waals surface area contributed by atoms with E-state index in [1.165, 1.54) is 0 Å². The summed E-state index contributed by atoms with van der Waals surface area (Å²) in [5.41, 5.74) is 0. The number of rotatable bonds is 11. The van der Waals surface area contributed by atoms with Gasteiger partial charge in [0.1, 0.15) is 6.04 Å². The zero-order chi connectivity index (χ0) is 15.4. The maximum Gasteiger partial charge on any atom is 0.326 e. The molecule has 0 rings (SSSR count). The van der Waals surface area contributed by atoms with Crippen molar-refractivity contribution in [2.24, 2.45) is 5.92 Å². The summed E-state index contributed by atoms with van der Waals surface area (Å²) < 4.78 is 0. The summed E-state index contributed by atoms with van der Waals surface area (Å²) in [7, 11) is 0. The van der Waals surface area contributed by atoms with Gasteiger partial charge in [-0.1, -0.05) is 52.9 Å². The van der Waals surface area contributed by atoms with Gasteiger partial charge in [-0.2, -0.15) is 0 Å². The fourth-order valence-corrected chi connectivity index (χ4v) is 2.06. The molecule has 2 atom stereocenters. The number of aliphatic carboxylic acids is 1. The Morgan fingerprint density at radius 3 is 2.15 bits per heavy atom. The molecular formula is C15H30N2O3. The highest BCUT2D eigenvalue weighted by Gasteiger charge is 2.19. The van der Waals surface area contributed by atoms with Gasteiger partial charge in [0.05, 0.1) is 0 Å². The Balaban J connectivity index is 4.07. The lowest BCUT2D eigenvalue weighted by molar-refractivity contribution is -0.139. The summed E-state index contributed by atoms with van der Waals surface area (Å²) in [6.07, 6.45) is 6.64. The van der Waals surface area contributed by atoms with Crippen molar-refractivity contribution >= 4 is 12.0 Å². The molecule has 0 radical (unpaired) electrons. The van der Waals surface area contributed by atoms with Crippen molar-refractivity contribution < 1.29 is 14.7 Å². The summed E-state index contributed by atoms with van der Waals surface area (Å²) in [5.74, 6) is -0.494. The number of hydrogen-bond acceptors (Lipinski definition) is 2. The first-order valence-electron chi connectivity index (χ1n) is 7.82. The molecule has 0 fully saturated rings. The SMILES string of the molecule is CCCCC(CC)CNC(=O)N[C@@H](CCCC)C(=O)O. The molecule has 1 unspecified atom stereocenters. The van der Waals surface area contributed by atoms with Crippen molar-refractivity contribution in [1.29, 1.82) is 0 Å². The van der Waals surface area contributed by atoms with Gasteiger partial charge in [-0.3, -0.25) is 0 Å². The van der Waals surface area contributed by atoms with E-state index in [1.807, 2.05) is 6.92 Å². The lowest BCUT2D eigenvalue weighted by atomic mass is 9.99. The molecule has 118 valence electrons. The second-order valence-corrected chi connectivity index (χ2v) is 5.30. The lowest BCUT2D eigenvalue weighted by Gasteiger charge is -2.18. The van der Waals surface area contributed by atoms with Crippen LogP contribution in [0.15, 0.2) is 0 Å². The molecule has 0 aromatic heterocycles. The number of carbonyl (C=O) groups is 2. The molecule has 5 nitrogen and oxygen atoms in total. The van der Waals surface area contributed by atoms with Crippen LogP contribution >= 0.6 is 0 Å². The van der Waals surface area contributed by atoms with Gasteiger partial charge in [0.15, 0.2) is 0 Å². The average Bonchev–Trinajstić information content (AvgIpc) is 2.43. The van der Waals surface area contributed by atoms with Gasteiger partial charge in [0.25, 0.3) is 0 Å². The van der Waals surface area contributed by atoms with Crippen molar-refractivity contribution in [3.63, 3.8) is 0 Å². The minimum absolute atomic E-state index is 0.372. The first-order valence-corrected chi connectivity index (χ1v) is 7.82. The second-order valence-electron chi connectivity index (χ2n) is 5.30. The third-order valence-electron chi connectivity index (χ3n) is 3.54. The van der Waals surface area contributed by atoms with E-state index in [1.54, 1.807) is 0 Å². The van der Waals surface area contributed by atoms with Gasteiger partial charge in [-0.25, -0.2) is 9.59 Å². The number of nitrogens with one attached hydrogen (secondary N) is 2. The summed E-state index contributed by atoms with van der Waals surface area (Å²) in [6.45, 7) is 6.88. The first-order chi connectivity index (χ1) is 9.54. The van der Waals surface area contributed by atoms with E-state index in [9.17, 15) is 9.59 Å². The molecule has 0 aromatic carbocycles. The molecule has 0 aliphatic carbocycles. The maximum absolute atomic E-state index is 11.7. The second kappa shape index (κ2) is 11.6. The van der Waals surface area contributed by atoms with E-state index < -0.39 is 12.0 Å². The standard InChI is InChI=1S/C15H30N2O3/c1-4-7-9-12(6-3)11-16-15(20)17-13(14(18)19)10-8-5-2/h12-13H,4-11H2,1-3H3,(H,18,19)(H2,16,17,20)/t12?,13-/m0/s1. The zero-order valence-corrected chi connectivity index (χ0v) is 13.1. The number of carbonyl (C=O) groups excluding carboxylic acids is 1.